The number of rotatable bonds is 6. The minimum Gasteiger partial charge on any atom is -0.481 e. The zero-order valence-corrected chi connectivity index (χ0v) is 14.7. The summed E-state index contributed by atoms with van der Waals surface area (Å²) in [4.78, 5) is 29.3. The number of benzene rings is 1. The predicted octanol–water partition coefficient (Wildman–Crippen LogP) is 2.13. The molecule has 1 saturated heterocycles. The second-order valence-electron chi connectivity index (χ2n) is 6.53. The smallest absolute Gasteiger partial charge is 0.317 e. The fourth-order valence-electron chi connectivity index (χ4n) is 3.20. The number of hydrogen-bond donors (Lipinski definition) is 2. The van der Waals surface area contributed by atoms with E-state index >= 15 is 0 Å². The Bertz CT molecular complexity index is 736. The molecule has 2 heterocycles. The lowest BCUT2D eigenvalue weighted by atomic mass is 9.97. The number of urea groups is 1. The molecular formula is C19H24N4O3. The van der Waals surface area contributed by atoms with Gasteiger partial charge in [0, 0.05) is 32.0 Å². The van der Waals surface area contributed by atoms with Crippen molar-refractivity contribution in [2.45, 2.75) is 32.4 Å². The Hall–Kier alpha value is -2.83. The van der Waals surface area contributed by atoms with Gasteiger partial charge in [-0.2, -0.15) is 0 Å². The van der Waals surface area contributed by atoms with E-state index in [-0.39, 0.29) is 11.9 Å². The third-order valence-corrected chi connectivity index (χ3v) is 4.82. The van der Waals surface area contributed by atoms with Crippen LogP contribution in [-0.4, -0.2) is 44.6 Å². The fourth-order valence-corrected chi connectivity index (χ4v) is 3.20. The molecular weight excluding hydrogens is 332 g/mol. The van der Waals surface area contributed by atoms with Crippen molar-refractivity contribution in [2.75, 3.05) is 13.1 Å². The molecule has 2 N–H and O–H groups in total. The van der Waals surface area contributed by atoms with Crippen LogP contribution in [0.25, 0.3) is 0 Å². The van der Waals surface area contributed by atoms with E-state index < -0.39 is 5.97 Å². The molecule has 0 unspecified atom stereocenters. The van der Waals surface area contributed by atoms with Crippen molar-refractivity contribution in [1.29, 1.82) is 0 Å². The van der Waals surface area contributed by atoms with Gasteiger partial charge in [-0.15, -0.1) is 0 Å². The summed E-state index contributed by atoms with van der Waals surface area (Å²) in [5.74, 6) is -0.295. The van der Waals surface area contributed by atoms with Gasteiger partial charge in [0.25, 0.3) is 0 Å². The number of carboxylic acids is 1. The van der Waals surface area contributed by atoms with Crippen LogP contribution >= 0.6 is 0 Å². The Labute approximate surface area is 152 Å². The number of carbonyl (C=O) groups excluding carboxylic acids is 1. The molecule has 0 saturated carbocycles. The van der Waals surface area contributed by atoms with Crippen LogP contribution in [0.2, 0.25) is 0 Å². The van der Waals surface area contributed by atoms with Crippen LogP contribution in [0.1, 0.15) is 24.2 Å². The first-order valence-corrected chi connectivity index (χ1v) is 8.93. The van der Waals surface area contributed by atoms with E-state index in [9.17, 15) is 9.59 Å². The standard InChI is InChI=1S/C19H24N4O3/c24-18(25)16-7-11-23(12-8-16)19(26)21-14-17-20-9-13-22(17)10-6-15-4-2-1-3-5-15/h1-5,9,13,16H,6-8,10-12,14H2,(H,21,26)(H,24,25). The Morgan fingerprint density at radius 2 is 1.92 bits per heavy atom. The Balaban J connectivity index is 1.47. The van der Waals surface area contributed by atoms with Crippen LogP contribution in [-0.2, 0) is 24.3 Å². The molecule has 0 radical (unpaired) electrons. The number of nitrogens with one attached hydrogen (secondary N) is 1. The van der Waals surface area contributed by atoms with Gasteiger partial charge in [0.05, 0.1) is 12.5 Å². The van der Waals surface area contributed by atoms with Gasteiger partial charge in [-0.05, 0) is 24.8 Å². The summed E-state index contributed by atoms with van der Waals surface area (Å²) in [6.07, 6.45) is 5.58. The Morgan fingerprint density at radius 3 is 2.62 bits per heavy atom. The molecule has 0 spiro atoms. The van der Waals surface area contributed by atoms with Crippen LogP contribution in [0.3, 0.4) is 0 Å². The first-order chi connectivity index (χ1) is 12.6. The van der Waals surface area contributed by atoms with Gasteiger partial charge in [0.1, 0.15) is 5.82 Å². The second-order valence-corrected chi connectivity index (χ2v) is 6.53. The second kappa shape index (κ2) is 8.51. The average molecular weight is 356 g/mol. The predicted molar refractivity (Wildman–Crippen MR) is 96.5 cm³/mol. The van der Waals surface area contributed by atoms with Crippen molar-refractivity contribution in [1.82, 2.24) is 19.8 Å². The molecule has 1 aliphatic rings. The number of aryl methyl sites for hydroxylation is 2. The van der Waals surface area contributed by atoms with Crippen molar-refractivity contribution in [3.63, 3.8) is 0 Å². The van der Waals surface area contributed by atoms with Crippen LogP contribution in [0.4, 0.5) is 4.79 Å². The quantitative estimate of drug-likeness (QED) is 0.830. The molecule has 2 amide bonds. The molecule has 2 aromatic rings. The first-order valence-electron chi connectivity index (χ1n) is 8.93. The molecule has 1 aliphatic heterocycles. The average Bonchev–Trinajstić information content (AvgIpc) is 3.12. The fraction of sp³-hybridized carbons (Fsp3) is 0.421. The summed E-state index contributed by atoms with van der Waals surface area (Å²) in [5.41, 5.74) is 1.26. The summed E-state index contributed by atoms with van der Waals surface area (Å²) < 4.78 is 2.05. The summed E-state index contributed by atoms with van der Waals surface area (Å²) >= 11 is 0. The molecule has 7 heteroatoms. The van der Waals surface area contributed by atoms with Gasteiger partial charge in [-0.1, -0.05) is 30.3 Å². The normalized spacial score (nSPS) is 15.0. The molecule has 26 heavy (non-hydrogen) atoms. The monoisotopic (exact) mass is 356 g/mol. The van der Waals surface area contributed by atoms with Gasteiger partial charge in [0.2, 0.25) is 0 Å². The Morgan fingerprint density at radius 1 is 1.19 bits per heavy atom. The van der Waals surface area contributed by atoms with Crippen molar-refractivity contribution < 1.29 is 14.7 Å². The summed E-state index contributed by atoms with van der Waals surface area (Å²) in [6, 6.07) is 10.1. The molecule has 1 aromatic carbocycles. The Kier molecular flexibility index (Phi) is 5.88. The highest BCUT2D eigenvalue weighted by Gasteiger charge is 2.26. The number of aliphatic carboxylic acids is 1. The number of carbonyl (C=O) groups is 2. The lowest BCUT2D eigenvalue weighted by Crippen LogP contribution is -2.45. The van der Waals surface area contributed by atoms with Gasteiger partial charge in [0.15, 0.2) is 0 Å². The summed E-state index contributed by atoms with van der Waals surface area (Å²) in [5, 5.41) is 11.9. The summed E-state index contributed by atoms with van der Waals surface area (Å²) in [6.45, 7) is 2.12. The van der Waals surface area contributed by atoms with E-state index in [0.29, 0.717) is 32.5 Å². The first kappa shape index (κ1) is 18.0. The third kappa shape index (κ3) is 4.62. The summed E-state index contributed by atoms with van der Waals surface area (Å²) in [7, 11) is 0. The lowest BCUT2D eigenvalue weighted by molar-refractivity contribution is -0.143. The molecule has 3 rings (SSSR count). The van der Waals surface area contributed by atoms with Gasteiger partial charge >= 0.3 is 12.0 Å². The van der Waals surface area contributed by atoms with E-state index in [4.69, 9.17) is 5.11 Å². The largest absolute Gasteiger partial charge is 0.481 e. The molecule has 0 aliphatic carbocycles. The maximum absolute atomic E-state index is 12.3. The number of amides is 2. The highest BCUT2D eigenvalue weighted by Crippen LogP contribution is 2.17. The number of nitrogens with zero attached hydrogens (tertiary/aromatic N) is 3. The highest BCUT2D eigenvalue weighted by atomic mass is 16.4. The van der Waals surface area contributed by atoms with Crippen LogP contribution in [0.5, 0.6) is 0 Å². The van der Waals surface area contributed by atoms with E-state index in [1.54, 1.807) is 11.1 Å². The van der Waals surface area contributed by atoms with Gasteiger partial charge in [-0.3, -0.25) is 4.79 Å². The number of aromatic nitrogens is 2. The minimum absolute atomic E-state index is 0.161. The van der Waals surface area contributed by atoms with E-state index in [2.05, 4.69) is 22.4 Å². The number of carboxylic acid groups (broad SMARTS) is 1. The van der Waals surface area contributed by atoms with Crippen LogP contribution in [0, 0.1) is 5.92 Å². The molecule has 0 atom stereocenters. The molecule has 7 nitrogen and oxygen atoms in total. The number of hydrogen-bond acceptors (Lipinski definition) is 3. The topological polar surface area (TPSA) is 87.5 Å². The molecule has 1 fully saturated rings. The van der Waals surface area contributed by atoms with Gasteiger partial charge in [-0.25, -0.2) is 9.78 Å². The molecule has 1 aromatic heterocycles. The van der Waals surface area contributed by atoms with Crippen molar-refractivity contribution in [3.8, 4) is 0 Å². The number of piperidine rings is 1. The van der Waals surface area contributed by atoms with Crippen LogP contribution in [0.15, 0.2) is 42.7 Å². The van der Waals surface area contributed by atoms with E-state index in [1.165, 1.54) is 5.56 Å². The molecule has 138 valence electrons. The van der Waals surface area contributed by atoms with E-state index in [0.717, 1.165) is 18.8 Å². The lowest BCUT2D eigenvalue weighted by Gasteiger charge is -2.30. The maximum atomic E-state index is 12.3. The molecule has 0 bridgehead atoms. The SMILES string of the molecule is O=C(O)C1CCN(C(=O)NCc2nccn2CCc2ccccc2)CC1. The zero-order chi connectivity index (χ0) is 18.4. The number of likely N-dealkylation sites (tertiary alicyclic amines) is 1. The third-order valence-electron chi connectivity index (χ3n) is 4.82. The van der Waals surface area contributed by atoms with Crippen LogP contribution < -0.4 is 5.32 Å². The van der Waals surface area contributed by atoms with Crippen molar-refractivity contribution >= 4 is 12.0 Å². The zero-order valence-electron chi connectivity index (χ0n) is 14.7. The van der Waals surface area contributed by atoms with Crippen molar-refractivity contribution in [2.24, 2.45) is 5.92 Å². The van der Waals surface area contributed by atoms with Crippen molar-refractivity contribution in [3.05, 3.63) is 54.1 Å². The minimum atomic E-state index is -0.773. The highest BCUT2D eigenvalue weighted by molar-refractivity contribution is 5.75. The number of imidazole rings is 1. The van der Waals surface area contributed by atoms with Gasteiger partial charge < -0.3 is 19.9 Å². The maximum Gasteiger partial charge on any atom is 0.317 e. The van der Waals surface area contributed by atoms with E-state index in [1.807, 2.05) is 29.0 Å².